The van der Waals surface area contributed by atoms with E-state index in [0.717, 1.165) is 10.4 Å². The maximum absolute atomic E-state index is 5.75. The summed E-state index contributed by atoms with van der Waals surface area (Å²) in [6.45, 7) is 0. The standard InChI is InChI=1S/C13H9NOS/c1-2-4-11(5-3-1)15-13-12-10(6-8-14-13)7-9-16-12/h1-9H. The highest BCUT2D eigenvalue weighted by molar-refractivity contribution is 7.17. The maximum Gasteiger partial charge on any atom is 0.237 e. The Balaban J connectivity index is 2.04. The average molecular weight is 227 g/mol. The lowest BCUT2D eigenvalue weighted by Crippen LogP contribution is -1.86. The Bertz CT molecular complexity index is 603. The molecule has 0 aliphatic heterocycles. The van der Waals surface area contributed by atoms with E-state index >= 15 is 0 Å². The van der Waals surface area contributed by atoms with Crippen molar-refractivity contribution in [1.82, 2.24) is 4.98 Å². The quantitative estimate of drug-likeness (QED) is 0.658. The zero-order chi connectivity index (χ0) is 10.8. The second kappa shape index (κ2) is 3.94. The number of ether oxygens (including phenoxy) is 1. The molecule has 0 atom stereocenters. The van der Waals surface area contributed by atoms with Gasteiger partial charge in [-0.15, -0.1) is 11.3 Å². The minimum atomic E-state index is 0.679. The summed E-state index contributed by atoms with van der Waals surface area (Å²) in [5.74, 6) is 1.50. The van der Waals surface area contributed by atoms with Gasteiger partial charge in [0.25, 0.3) is 0 Å². The lowest BCUT2D eigenvalue weighted by Gasteiger charge is -2.04. The molecule has 0 amide bonds. The highest BCUT2D eigenvalue weighted by Crippen LogP contribution is 2.31. The molecule has 0 aliphatic rings. The Kier molecular flexibility index (Phi) is 2.31. The van der Waals surface area contributed by atoms with Crippen molar-refractivity contribution in [1.29, 1.82) is 0 Å². The minimum Gasteiger partial charge on any atom is -0.438 e. The fourth-order valence-electron chi connectivity index (χ4n) is 1.54. The fraction of sp³-hybridized carbons (Fsp3) is 0. The summed E-state index contributed by atoms with van der Waals surface area (Å²) in [6.07, 6.45) is 1.77. The third kappa shape index (κ3) is 1.66. The number of fused-ring (bicyclic) bond motifs is 1. The van der Waals surface area contributed by atoms with Gasteiger partial charge in [0.15, 0.2) is 0 Å². The number of pyridine rings is 1. The number of aromatic nitrogens is 1. The SMILES string of the molecule is c1ccc(Oc2nccc3ccsc23)cc1. The molecule has 78 valence electrons. The van der Waals surface area contributed by atoms with Crippen LogP contribution in [-0.4, -0.2) is 4.98 Å². The van der Waals surface area contributed by atoms with Crippen LogP contribution in [0, 0.1) is 0 Å². The number of hydrogen-bond donors (Lipinski definition) is 0. The number of nitrogens with zero attached hydrogens (tertiary/aromatic N) is 1. The van der Waals surface area contributed by atoms with Gasteiger partial charge in [-0.25, -0.2) is 4.98 Å². The Labute approximate surface area is 97.1 Å². The molecule has 0 spiro atoms. The van der Waals surface area contributed by atoms with Gasteiger partial charge in [-0.1, -0.05) is 18.2 Å². The van der Waals surface area contributed by atoms with Crippen molar-refractivity contribution in [2.45, 2.75) is 0 Å². The summed E-state index contributed by atoms with van der Waals surface area (Å²) < 4.78 is 6.84. The van der Waals surface area contributed by atoms with E-state index in [1.807, 2.05) is 41.8 Å². The van der Waals surface area contributed by atoms with Crippen LogP contribution in [0.5, 0.6) is 11.6 Å². The van der Waals surface area contributed by atoms with Crippen LogP contribution in [0.15, 0.2) is 54.0 Å². The minimum absolute atomic E-state index is 0.679. The van der Waals surface area contributed by atoms with E-state index in [9.17, 15) is 0 Å². The number of benzene rings is 1. The van der Waals surface area contributed by atoms with E-state index in [2.05, 4.69) is 11.1 Å². The van der Waals surface area contributed by atoms with Crippen molar-refractivity contribution in [3.05, 3.63) is 54.0 Å². The number of hydrogen-bond acceptors (Lipinski definition) is 3. The van der Waals surface area contributed by atoms with Gasteiger partial charge in [-0.2, -0.15) is 0 Å². The van der Waals surface area contributed by atoms with Crippen LogP contribution >= 0.6 is 11.3 Å². The topological polar surface area (TPSA) is 22.1 Å². The van der Waals surface area contributed by atoms with Gasteiger partial charge in [-0.05, 0) is 35.0 Å². The first kappa shape index (κ1) is 9.36. The van der Waals surface area contributed by atoms with Crippen LogP contribution < -0.4 is 4.74 Å². The molecule has 0 unspecified atom stereocenters. The first-order chi connectivity index (χ1) is 7.93. The summed E-state index contributed by atoms with van der Waals surface area (Å²) in [6, 6.07) is 13.8. The molecule has 2 nitrogen and oxygen atoms in total. The maximum atomic E-state index is 5.75. The highest BCUT2D eigenvalue weighted by atomic mass is 32.1. The molecule has 16 heavy (non-hydrogen) atoms. The van der Waals surface area contributed by atoms with E-state index in [1.54, 1.807) is 17.5 Å². The zero-order valence-electron chi connectivity index (χ0n) is 8.46. The van der Waals surface area contributed by atoms with Gasteiger partial charge in [0, 0.05) is 6.20 Å². The van der Waals surface area contributed by atoms with Crippen LogP contribution in [-0.2, 0) is 0 Å². The monoisotopic (exact) mass is 227 g/mol. The van der Waals surface area contributed by atoms with Crippen LogP contribution in [0.25, 0.3) is 10.1 Å². The largest absolute Gasteiger partial charge is 0.438 e. The lowest BCUT2D eigenvalue weighted by atomic mass is 10.3. The summed E-state index contributed by atoms with van der Waals surface area (Å²) in [4.78, 5) is 4.26. The molecule has 0 N–H and O–H groups in total. The molecule has 0 saturated heterocycles. The van der Waals surface area contributed by atoms with Gasteiger partial charge < -0.3 is 4.74 Å². The van der Waals surface area contributed by atoms with Gasteiger partial charge in [0.2, 0.25) is 5.88 Å². The van der Waals surface area contributed by atoms with E-state index in [0.29, 0.717) is 5.88 Å². The Hall–Kier alpha value is -1.87. The molecule has 2 heterocycles. The Morgan fingerprint density at radius 1 is 1.00 bits per heavy atom. The van der Waals surface area contributed by atoms with E-state index < -0.39 is 0 Å². The third-order valence-electron chi connectivity index (χ3n) is 2.29. The summed E-state index contributed by atoms with van der Waals surface area (Å²) in [7, 11) is 0. The predicted octanol–water partition coefficient (Wildman–Crippen LogP) is 4.09. The smallest absolute Gasteiger partial charge is 0.237 e. The summed E-state index contributed by atoms with van der Waals surface area (Å²) in [5.41, 5.74) is 0. The molecule has 3 aromatic rings. The molecule has 2 aromatic heterocycles. The molecule has 1 aromatic carbocycles. The molecule has 0 fully saturated rings. The molecular weight excluding hydrogens is 218 g/mol. The van der Waals surface area contributed by atoms with Crippen LogP contribution in [0.2, 0.25) is 0 Å². The second-order valence-corrected chi connectivity index (χ2v) is 4.29. The van der Waals surface area contributed by atoms with Crippen LogP contribution in [0.1, 0.15) is 0 Å². The van der Waals surface area contributed by atoms with Crippen LogP contribution in [0.3, 0.4) is 0 Å². The van der Waals surface area contributed by atoms with E-state index in [-0.39, 0.29) is 0 Å². The molecule has 0 aliphatic carbocycles. The third-order valence-corrected chi connectivity index (χ3v) is 3.21. The average Bonchev–Trinajstić information content (AvgIpc) is 2.80. The van der Waals surface area contributed by atoms with Crippen molar-refractivity contribution in [2.24, 2.45) is 0 Å². The normalized spacial score (nSPS) is 10.5. The van der Waals surface area contributed by atoms with Gasteiger partial charge >= 0.3 is 0 Å². The highest BCUT2D eigenvalue weighted by Gasteiger charge is 2.05. The number of rotatable bonds is 2. The van der Waals surface area contributed by atoms with E-state index in [4.69, 9.17) is 4.74 Å². The van der Waals surface area contributed by atoms with Crippen molar-refractivity contribution >= 4 is 21.4 Å². The molecule has 0 saturated carbocycles. The fourth-order valence-corrected chi connectivity index (χ4v) is 2.36. The summed E-state index contributed by atoms with van der Waals surface area (Å²) in [5, 5.41) is 3.22. The van der Waals surface area contributed by atoms with Gasteiger partial charge in [0.1, 0.15) is 5.75 Å². The van der Waals surface area contributed by atoms with Crippen LogP contribution in [0.4, 0.5) is 0 Å². The number of para-hydroxylation sites is 1. The van der Waals surface area contributed by atoms with E-state index in [1.165, 1.54) is 5.39 Å². The van der Waals surface area contributed by atoms with Gasteiger partial charge in [-0.3, -0.25) is 0 Å². The van der Waals surface area contributed by atoms with Gasteiger partial charge in [0.05, 0.1) is 4.70 Å². The first-order valence-corrected chi connectivity index (χ1v) is 5.86. The molecule has 0 bridgehead atoms. The van der Waals surface area contributed by atoms with Crippen molar-refractivity contribution in [3.8, 4) is 11.6 Å². The molecule has 3 heteroatoms. The molecule has 3 rings (SSSR count). The predicted molar refractivity (Wildman–Crippen MR) is 66.1 cm³/mol. The van der Waals surface area contributed by atoms with Crippen molar-refractivity contribution in [3.63, 3.8) is 0 Å². The van der Waals surface area contributed by atoms with Crippen molar-refractivity contribution in [2.75, 3.05) is 0 Å². The lowest BCUT2D eigenvalue weighted by molar-refractivity contribution is 0.470. The Morgan fingerprint density at radius 3 is 2.75 bits per heavy atom. The molecule has 0 radical (unpaired) electrons. The second-order valence-electron chi connectivity index (χ2n) is 3.37. The van der Waals surface area contributed by atoms with Crippen molar-refractivity contribution < 1.29 is 4.74 Å². The zero-order valence-corrected chi connectivity index (χ0v) is 9.28. The summed E-state index contributed by atoms with van der Waals surface area (Å²) >= 11 is 1.65. The number of thiophene rings is 1. The Morgan fingerprint density at radius 2 is 1.88 bits per heavy atom. The molecular formula is C13H9NOS. The first-order valence-electron chi connectivity index (χ1n) is 4.98.